The lowest BCUT2D eigenvalue weighted by Crippen LogP contribution is -2.51. The molecule has 0 aliphatic carbocycles. The zero-order valence-corrected chi connectivity index (χ0v) is 17.7. The van der Waals surface area contributed by atoms with Crippen molar-refractivity contribution in [2.45, 2.75) is 31.7 Å². The minimum absolute atomic E-state index is 0.509. The number of nitrogens with zero attached hydrogens (tertiary/aromatic N) is 1. The Morgan fingerprint density at radius 2 is 1.32 bits per heavy atom. The van der Waals surface area contributed by atoms with E-state index in [0.29, 0.717) is 17.2 Å². The van der Waals surface area contributed by atoms with Crippen LogP contribution in [-0.2, 0) is 23.9 Å². The highest BCUT2D eigenvalue weighted by molar-refractivity contribution is 6.08. The number of esters is 2. The highest BCUT2D eigenvalue weighted by Crippen LogP contribution is 2.40. The molecule has 2 aromatic rings. The maximum Gasteiger partial charge on any atom is 0.327 e. The van der Waals surface area contributed by atoms with E-state index in [1.165, 1.54) is 13.8 Å². The lowest BCUT2D eigenvalue weighted by molar-refractivity contribution is -0.245. The van der Waals surface area contributed by atoms with E-state index in [1.807, 2.05) is 36.4 Å². The van der Waals surface area contributed by atoms with Gasteiger partial charge in [0.15, 0.2) is 12.0 Å². The van der Waals surface area contributed by atoms with Gasteiger partial charge in [0.25, 0.3) is 5.79 Å². The van der Waals surface area contributed by atoms with Crippen LogP contribution in [0.4, 0.5) is 0 Å². The molecule has 162 valence electrons. The molecular weight excluding hydrogens is 402 g/mol. The minimum atomic E-state index is -1.32. The van der Waals surface area contributed by atoms with Gasteiger partial charge in [0.2, 0.25) is 0 Å². The fourth-order valence-electron chi connectivity index (χ4n) is 3.79. The third-order valence-corrected chi connectivity index (χ3v) is 5.29. The van der Waals surface area contributed by atoms with Crippen LogP contribution >= 0.6 is 0 Å². The molecule has 0 bridgehead atoms. The van der Waals surface area contributed by atoms with Gasteiger partial charge in [-0.15, -0.1) is 0 Å². The number of ether oxygens (including phenoxy) is 4. The van der Waals surface area contributed by atoms with Crippen LogP contribution in [0, 0.1) is 5.92 Å². The Kier molecular flexibility index (Phi) is 5.31. The first-order chi connectivity index (χ1) is 14.8. The Hall–Kier alpha value is -3.55. The quantitative estimate of drug-likeness (QED) is 0.537. The summed E-state index contributed by atoms with van der Waals surface area (Å²) < 4.78 is 21.1. The van der Waals surface area contributed by atoms with Crippen molar-refractivity contribution in [2.75, 3.05) is 14.2 Å². The molecule has 2 heterocycles. The van der Waals surface area contributed by atoms with Gasteiger partial charge >= 0.3 is 11.9 Å². The standard InChI is InChI=1S/C23H23NO7/c1-23(2)29-21(25)18(22(26)30-23)20-17(13-5-9-15(27-3)10-6-13)19(24-31-20)14-7-11-16(28-4)12-8-14/h5-12,17-18,20H,1-4H3. The second kappa shape index (κ2) is 7.94. The van der Waals surface area contributed by atoms with Crippen LogP contribution in [0.25, 0.3) is 0 Å². The van der Waals surface area contributed by atoms with E-state index >= 15 is 0 Å². The summed E-state index contributed by atoms with van der Waals surface area (Å²) in [6.07, 6.45) is -0.915. The largest absolute Gasteiger partial charge is 0.497 e. The molecule has 0 N–H and O–H groups in total. The van der Waals surface area contributed by atoms with E-state index in [4.69, 9.17) is 23.8 Å². The second-order valence-corrected chi connectivity index (χ2v) is 7.75. The van der Waals surface area contributed by atoms with Crippen LogP contribution in [0.15, 0.2) is 53.7 Å². The van der Waals surface area contributed by atoms with Crippen molar-refractivity contribution < 1.29 is 33.4 Å². The van der Waals surface area contributed by atoms with Crippen molar-refractivity contribution in [3.05, 3.63) is 59.7 Å². The monoisotopic (exact) mass is 425 g/mol. The predicted molar refractivity (Wildman–Crippen MR) is 110 cm³/mol. The van der Waals surface area contributed by atoms with Crippen LogP contribution in [-0.4, -0.2) is 43.8 Å². The summed E-state index contributed by atoms with van der Waals surface area (Å²) in [4.78, 5) is 31.1. The normalized spacial score (nSPS) is 22.8. The van der Waals surface area contributed by atoms with Gasteiger partial charge in [-0.3, -0.25) is 9.59 Å². The molecule has 0 saturated carbocycles. The fraction of sp³-hybridized carbons (Fsp3) is 0.348. The summed E-state index contributed by atoms with van der Waals surface area (Å²) in [5, 5.41) is 4.25. The van der Waals surface area contributed by atoms with Gasteiger partial charge in [0.1, 0.15) is 11.5 Å². The van der Waals surface area contributed by atoms with Gasteiger partial charge in [0.05, 0.1) is 25.8 Å². The van der Waals surface area contributed by atoms with Crippen molar-refractivity contribution in [1.82, 2.24) is 0 Å². The molecule has 0 spiro atoms. The molecule has 1 fully saturated rings. The third kappa shape index (κ3) is 3.93. The predicted octanol–water partition coefficient (Wildman–Crippen LogP) is 3.04. The number of hydrogen-bond acceptors (Lipinski definition) is 8. The van der Waals surface area contributed by atoms with E-state index in [1.54, 1.807) is 26.4 Å². The molecule has 1 saturated heterocycles. The van der Waals surface area contributed by atoms with Gasteiger partial charge < -0.3 is 23.8 Å². The van der Waals surface area contributed by atoms with Crippen LogP contribution in [0.3, 0.4) is 0 Å². The number of carbonyl (C=O) groups is 2. The van der Waals surface area contributed by atoms with Crippen molar-refractivity contribution in [2.24, 2.45) is 11.1 Å². The topological polar surface area (TPSA) is 92.7 Å². The summed E-state index contributed by atoms with van der Waals surface area (Å²) in [6, 6.07) is 14.6. The van der Waals surface area contributed by atoms with Crippen molar-refractivity contribution in [3.63, 3.8) is 0 Å². The Bertz CT molecular complexity index is 991. The summed E-state index contributed by atoms with van der Waals surface area (Å²) in [5.41, 5.74) is 2.17. The highest BCUT2D eigenvalue weighted by Gasteiger charge is 2.54. The Morgan fingerprint density at radius 1 is 0.806 bits per heavy atom. The number of rotatable bonds is 5. The molecule has 8 heteroatoms. The molecule has 2 atom stereocenters. The molecule has 2 aromatic carbocycles. The van der Waals surface area contributed by atoms with Gasteiger partial charge in [-0.05, 0) is 42.0 Å². The SMILES string of the molecule is COc1ccc(C2=NOC(C3C(=O)OC(C)(C)OC3=O)C2c2ccc(OC)cc2)cc1. The van der Waals surface area contributed by atoms with E-state index < -0.39 is 35.7 Å². The molecule has 0 amide bonds. The van der Waals surface area contributed by atoms with Crippen LogP contribution in [0.5, 0.6) is 11.5 Å². The molecule has 0 radical (unpaired) electrons. The average Bonchev–Trinajstić information content (AvgIpc) is 3.17. The van der Waals surface area contributed by atoms with Crippen LogP contribution < -0.4 is 9.47 Å². The first-order valence-corrected chi connectivity index (χ1v) is 9.81. The summed E-state index contributed by atoms with van der Waals surface area (Å²) in [7, 11) is 3.17. The number of methoxy groups -OCH3 is 2. The van der Waals surface area contributed by atoms with E-state index in [9.17, 15) is 9.59 Å². The maximum atomic E-state index is 12.7. The van der Waals surface area contributed by atoms with E-state index in [2.05, 4.69) is 5.16 Å². The first kappa shape index (κ1) is 20.7. The maximum absolute atomic E-state index is 12.7. The van der Waals surface area contributed by atoms with Crippen LogP contribution in [0.1, 0.15) is 30.9 Å². The highest BCUT2D eigenvalue weighted by atomic mass is 16.7. The number of benzene rings is 2. The van der Waals surface area contributed by atoms with Gasteiger partial charge in [0, 0.05) is 19.4 Å². The smallest absolute Gasteiger partial charge is 0.327 e. The fourth-order valence-corrected chi connectivity index (χ4v) is 3.79. The summed E-state index contributed by atoms with van der Waals surface area (Å²) in [6.45, 7) is 3.02. The number of oxime groups is 1. The second-order valence-electron chi connectivity index (χ2n) is 7.75. The zero-order chi connectivity index (χ0) is 22.2. The van der Waals surface area contributed by atoms with Gasteiger partial charge in [-0.1, -0.05) is 17.3 Å². The lowest BCUT2D eigenvalue weighted by atomic mass is 9.80. The molecular formula is C23H23NO7. The Morgan fingerprint density at radius 3 is 1.84 bits per heavy atom. The lowest BCUT2D eigenvalue weighted by Gasteiger charge is -2.35. The van der Waals surface area contributed by atoms with Crippen LogP contribution in [0.2, 0.25) is 0 Å². The molecule has 4 rings (SSSR count). The average molecular weight is 425 g/mol. The molecule has 8 nitrogen and oxygen atoms in total. The van der Waals surface area contributed by atoms with E-state index in [-0.39, 0.29) is 0 Å². The first-order valence-electron chi connectivity index (χ1n) is 9.81. The number of carbonyl (C=O) groups excluding carboxylic acids is 2. The van der Waals surface area contributed by atoms with Crippen molar-refractivity contribution in [3.8, 4) is 11.5 Å². The number of hydrogen-bond donors (Lipinski definition) is 0. The zero-order valence-electron chi connectivity index (χ0n) is 17.7. The molecule has 2 aliphatic rings. The molecule has 0 aromatic heterocycles. The van der Waals surface area contributed by atoms with Crippen molar-refractivity contribution >= 4 is 17.7 Å². The third-order valence-electron chi connectivity index (χ3n) is 5.29. The molecule has 31 heavy (non-hydrogen) atoms. The van der Waals surface area contributed by atoms with E-state index in [0.717, 1.165) is 11.1 Å². The number of cyclic esters (lactones) is 2. The van der Waals surface area contributed by atoms with Gasteiger partial charge in [-0.2, -0.15) is 0 Å². The minimum Gasteiger partial charge on any atom is -0.497 e. The Labute approximate surface area is 179 Å². The van der Waals surface area contributed by atoms with Crippen molar-refractivity contribution in [1.29, 1.82) is 0 Å². The summed E-state index contributed by atoms with van der Waals surface area (Å²) >= 11 is 0. The summed E-state index contributed by atoms with van der Waals surface area (Å²) in [5.74, 6) is -3.11. The van der Waals surface area contributed by atoms with Gasteiger partial charge in [-0.25, -0.2) is 0 Å². The Balaban J connectivity index is 1.73. The molecule has 2 unspecified atom stereocenters. The molecule has 2 aliphatic heterocycles.